The molecular formula is C12H18N2O5S2. The molecule has 2 heterocycles. The van der Waals surface area contributed by atoms with E-state index >= 15 is 0 Å². The van der Waals surface area contributed by atoms with Crippen LogP contribution >= 0.6 is 11.3 Å². The fourth-order valence-electron chi connectivity index (χ4n) is 2.11. The first kappa shape index (κ1) is 16.2. The molecule has 1 fully saturated rings. The maximum atomic E-state index is 12.7. The molecule has 0 spiro atoms. The topological polar surface area (TPSA) is 98.9 Å². The molecule has 1 aliphatic rings. The molecule has 0 saturated carbocycles. The van der Waals surface area contributed by atoms with Crippen LogP contribution in [-0.4, -0.2) is 52.0 Å². The van der Waals surface area contributed by atoms with Gasteiger partial charge in [-0.15, -0.1) is 11.3 Å². The van der Waals surface area contributed by atoms with E-state index in [4.69, 9.17) is 10.5 Å². The molecule has 0 amide bonds. The molecule has 0 aliphatic carbocycles. The second kappa shape index (κ2) is 6.30. The van der Waals surface area contributed by atoms with Crippen molar-refractivity contribution in [1.82, 2.24) is 4.31 Å². The molecule has 1 aliphatic heterocycles. The molecule has 1 saturated heterocycles. The van der Waals surface area contributed by atoms with Gasteiger partial charge in [0.15, 0.2) is 9.96 Å². The fourth-order valence-corrected chi connectivity index (χ4v) is 5.22. The maximum absolute atomic E-state index is 12.7. The highest BCUT2D eigenvalue weighted by atomic mass is 32.2. The maximum Gasteiger partial charge on any atom is 0.348 e. The number of ether oxygens (including phenoxy) is 2. The summed E-state index contributed by atoms with van der Waals surface area (Å²) in [6.07, 6.45) is 1.24. The Balaban J connectivity index is 2.35. The second-order valence-corrected chi connectivity index (χ2v) is 7.88. The Kier molecular flexibility index (Phi) is 4.87. The Morgan fingerprint density at radius 1 is 1.38 bits per heavy atom. The lowest BCUT2D eigenvalue weighted by atomic mass is 10.1. The van der Waals surface area contributed by atoms with E-state index in [1.807, 2.05) is 0 Å². The summed E-state index contributed by atoms with van der Waals surface area (Å²) in [4.78, 5) is 11.7. The van der Waals surface area contributed by atoms with Gasteiger partial charge in [0.25, 0.3) is 10.0 Å². The van der Waals surface area contributed by atoms with Crippen molar-refractivity contribution in [1.29, 1.82) is 0 Å². The van der Waals surface area contributed by atoms with E-state index in [-0.39, 0.29) is 20.9 Å². The number of nitrogens with zero attached hydrogens (tertiary/aromatic N) is 1. The Morgan fingerprint density at radius 2 is 2.00 bits per heavy atom. The van der Waals surface area contributed by atoms with E-state index in [1.165, 1.54) is 24.6 Å². The van der Waals surface area contributed by atoms with E-state index in [0.717, 1.165) is 11.3 Å². The molecule has 1 aromatic heterocycles. The van der Waals surface area contributed by atoms with Gasteiger partial charge in [-0.1, -0.05) is 0 Å². The summed E-state index contributed by atoms with van der Waals surface area (Å²) in [5, 5.41) is 0. The quantitative estimate of drug-likeness (QED) is 0.812. The van der Waals surface area contributed by atoms with E-state index in [1.54, 1.807) is 0 Å². The van der Waals surface area contributed by atoms with Crippen LogP contribution in [0.4, 0.5) is 0 Å². The Bertz CT molecular complexity index is 618. The summed E-state index contributed by atoms with van der Waals surface area (Å²) in [5.41, 5.74) is 5.79. The first-order valence-electron chi connectivity index (χ1n) is 6.42. The van der Waals surface area contributed by atoms with Gasteiger partial charge in [0.05, 0.1) is 14.2 Å². The van der Waals surface area contributed by atoms with Crippen molar-refractivity contribution in [3.8, 4) is 5.75 Å². The zero-order chi connectivity index (χ0) is 15.6. The van der Waals surface area contributed by atoms with E-state index in [0.29, 0.717) is 25.9 Å². The number of thiophene rings is 1. The van der Waals surface area contributed by atoms with E-state index < -0.39 is 16.0 Å². The molecule has 0 bridgehead atoms. The minimum atomic E-state index is -3.69. The van der Waals surface area contributed by atoms with Crippen molar-refractivity contribution in [2.24, 2.45) is 5.73 Å². The number of sulfonamides is 1. The highest BCUT2D eigenvalue weighted by Crippen LogP contribution is 2.36. The predicted octanol–water partition coefficient (Wildman–Crippen LogP) is 0.655. The third-order valence-electron chi connectivity index (χ3n) is 3.35. The summed E-state index contributed by atoms with van der Waals surface area (Å²) in [6.45, 7) is 0.746. The number of nitrogens with two attached hydrogens (primary N) is 1. The molecule has 9 heteroatoms. The molecule has 118 valence electrons. The molecule has 2 N–H and O–H groups in total. The predicted molar refractivity (Wildman–Crippen MR) is 78.2 cm³/mol. The second-order valence-electron chi connectivity index (χ2n) is 4.70. The Hall–Kier alpha value is -1.16. The number of esters is 1. The average Bonchev–Trinajstić information content (AvgIpc) is 2.92. The zero-order valence-electron chi connectivity index (χ0n) is 11.9. The molecule has 0 aromatic carbocycles. The number of piperidine rings is 1. The highest BCUT2D eigenvalue weighted by molar-refractivity contribution is 7.91. The van der Waals surface area contributed by atoms with Crippen LogP contribution < -0.4 is 10.5 Å². The first-order chi connectivity index (χ1) is 9.90. The van der Waals surface area contributed by atoms with Crippen molar-refractivity contribution >= 4 is 27.3 Å². The van der Waals surface area contributed by atoms with Crippen molar-refractivity contribution in [2.45, 2.75) is 23.1 Å². The van der Waals surface area contributed by atoms with Crippen LogP contribution in [-0.2, 0) is 14.8 Å². The van der Waals surface area contributed by atoms with Gasteiger partial charge in [-0.05, 0) is 12.8 Å². The van der Waals surface area contributed by atoms with Crippen LogP contribution in [0.25, 0.3) is 0 Å². The van der Waals surface area contributed by atoms with Crippen molar-refractivity contribution in [2.75, 3.05) is 27.3 Å². The lowest BCUT2D eigenvalue weighted by Gasteiger charge is -2.28. The van der Waals surface area contributed by atoms with Crippen molar-refractivity contribution in [3.63, 3.8) is 0 Å². The number of rotatable bonds is 4. The summed E-state index contributed by atoms with van der Waals surface area (Å²) >= 11 is 0.858. The minimum Gasteiger partial charge on any atom is -0.494 e. The molecular weight excluding hydrogens is 316 g/mol. The van der Waals surface area contributed by atoms with Gasteiger partial charge in [-0.3, -0.25) is 0 Å². The van der Waals surface area contributed by atoms with Crippen LogP contribution in [0.1, 0.15) is 22.5 Å². The number of hydrogen-bond acceptors (Lipinski definition) is 7. The molecule has 0 radical (unpaired) electrons. The molecule has 0 unspecified atom stereocenters. The largest absolute Gasteiger partial charge is 0.494 e. The van der Waals surface area contributed by atoms with Gasteiger partial charge in [0.1, 0.15) is 4.88 Å². The number of carbonyl (C=O) groups excluding carboxylic acids is 1. The molecule has 2 rings (SSSR count). The minimum absolute atomic E-state index is 0.0286. The molecule has 7 nitrogen and oxygen atoms in total. The first-order valence-corrected chi connectivity index (χ1v) is 8.67. The summed E-state index contributed by atoms with van der Waals surface area (Å²) in [7, 11) is -1.07. The lowest BCUT2D eigenvalue weighted by molar-refractivity contribution is 0.0606. The average molecular weight is 334 g/mol. The summed E-state index contributed by atoms with van der Waals surface area (Å²) in [6, 6.07) is 1.42. The van der Waals surface area contributed by atoms with Gasteiger partial charge in [0.2, 0.25) is 0 Å². The Labute approximate surface area is 127 Å². The highest BCUT2D eigenvalue weighted by Gasteiger charge is 2.33. The monoisotopic (exact) mass is 334 g/mol. The summed E-state index contributed by atoms with van der Waals surface area (Å²) in [5.74, 6) is -0.421. The standard InChI is InChI=1S/C12H18N2O5S2/c1-18-9-7-10(11(15)19-2)20-12(9)21(16,17)14-5-3-8(13)4-6-14/h7-8H,3-6,13H2,1-2H3. The summed E-state index contributed by atoms with van der Waals surface area (Å²) < 4.78 is 36.4. The zero-order valence-corrected chi connectivity index (χ0v) is 13.5. The third kappa shape index (κ3) is 3.20. The van der Waals surface area contributed by atoms with Crippen LogP contribution in [0, 0.1) is 0 Å². The van der Waals surface area contributed by atoms with E-state index in [2.05, 4.69) is 4.74 Å². The van der Waals surface area contributed by atoms with Crippen LogP contribution in [0.15, 0.2) is 10.3 Å². The van der Waals surface area contributed by atoms with Gasteiger partial charge in [-0.25, -0.2) is 13.2 Å². The smallest absolute Gasteiger partial charge is 0.348 e. The van der Waals surface area contributed by atoms with Crippen molar-refractivity contribution < 1.29 is 22.7 Å². The SMILES string of the molecule is COC(=O)c1cc(OC)c(S(=O)(=O)N2CCC(N)CC2)s1. The normalized spacial score (nSPS) is 17.7. The molecule has 0 atom stereocenters. The van der Waals surface area contributed by atoms with Gasteiger partial charge in [-0.2, -0.15) is 4.31 Å². The van der Waals surface area contributed by atoms with E-state index in [9.17, 15) is 13.2 Å². The van der Waals surface area contributed by atoms with Gasteiger partial charge in [0, 0.05) is 25.2 Å². The number of carbonyl (C=O) groups is 1. The van der Waals surface area contributed by atoms with Crippen LogP contribution in [0.5, 0.6) is 5.75 Å². The third-order valence-corrected chi connectivity index (χ3v) is 6.83. The van der Waals surface area contributed by atoms with Gasteiger partial charge >= 0.3 is 5.97 Å². The number of methoxy groups -OCH3 is 2. The fraction of sp³-hybridized carbons (Fsp3) is 0.583. The van der Waals surface area contributed by atoms with Crippen molar-refractivity contribution in [3.05, 3.63) is 10.9 Å². The molecule has 21 heavy (non-hydrogen) atoms. The number of hydrogen-bond donors (Lipinski definition) is 1. The Morgan fingerprint density at radius 3 is 2.52 bits per heavy atom. The van der Waals surface area contributed by atoms with Gasteiger partial charge < -0.3 is 15.2 Å². The van der Waals surface area contributed by atoms with Crippen LogP contribution in [0.3, 0.4) is 0 Å². The van der Waals surface area contributed by atoms with Crippen LogP contribution in [0.2, 0.25) is 0 Å². The molecule has 1 aromatic rings. The lowest BCUT2D eigenvalue weighted by Crippen LogP contribution is -2.42.